The van der Waals surface area contributed by atoms with E-state index < -0.39 is 11.7 Å². The third-order valence-electron chi connectivity index (χ3n) is 5.50. The molecule has 2 aliphatic rings. The molecule has 2 aromatic rings. The second kappa shape index (κ2) is 7.40. The van der Waals surface area contributed by atoms with Crippen LogP contribution in [0.1, 0.15) is 42.4 Å². The van der Waals surface area contributed by atoms with Crippen LogP contribution in [0.5, 0.6) is 0 Å². The Bertz CT molecular complexity index is 835. The molecule has 0 saturated heterocycles. The van der Waals surface area contributed by atoms with Gasteiger partial charge in [-0.2, -0.15) is 13.2 Å². The Hall–Kier alpha value is -1.66. The lowest BCUT2D eigenvalue weighted by molar-refractivity contribution is -0.137. The molecule has 27 heavy (non-hydrogen) atoms. The van der Waals surface area contributed by atoms with Crippen LogP contribution in [0.4, 0.5) is 18.9 Å². The van der Waals surface area contributed by atoms with Gasteiger partial charge in [0, 0.05) is 34.5 Å². The highest BCUT2D eigenvalue weighted by atomic mass is 32.2. The van der Waals surface area contributed by atoms with Gasteiger partial charge in [-0.25, -0.2) is 0 Å². The zero-order valence-corrected chi connectivity index (χ0v) is 15.8. The number of fused-ring (bicyclic) bond motifs is 2. The summed E-state index contributed by atoms with van der Waals surface area (Å²) >= 11 is 1.43. The fourth-order valence-corrected chi connectivity index (χ4v) is 5.22. The van der Waals surface area contributed by atoms with Crippen molar-refractivity contribution < 1.29 is 13.2 Å². The predicted octanol–water partition coefficient (Wildman–Crippen LogP) is 5.69. The first-order valence-corrected chi connectivity index (χ1v) is 10.2. The third kappa shape index (κ3) is 4.11. The highest BCUT2D eigenvalue weighted by molar-refractivity contribution is 7.99. The van der Waals surface area contributed by atoms with Crippen molar-refractivity contribution in [3.05, 3.63) is 53.1 Å². The van der Waals surface area contributed by atoms with Crippen molar-refractivity contribution in [1.29, 1.82) is 0 Å². The minimum atomic E-state index is -4.35. The molecule has 0 aromatic heterocycles. The summed E-state index contributed by atoms with van der Waals surface area (Å²) in [7, 11) is 0. The number of nitrogens with one attached hydrogen (secondary N) is 1. The second-order valence-electron chi connectivity index (χ2n) is 7.56. The van der Waals surface area contributed by atoms with Crippen LogP contribution in [-0.2, 0) is 12.6 Å². The number of hydrogen-bond donors (Lipinski definition) is 2. The molecule has 1 heterocycles. The zero-order valence-electron chi connectivity index (χ0n) is 15.0. The van der Waals surface area contributed by atoms with E-state index in [1.807, 2.05) is 24.3 Å². The molecule has 1 aliphatic heterocycles. The number of hydrogen-bond acceptors (Lipinski definition) is 3. The van der Waals surface area contributed by atoms with Gasteiger partial charge in [0.2, 0.25) is 0 Å². The topological polar surface area (TPSA) is 38.0 Å². The molecule has 2 aromatic carbocycles. The first kappa shape index (κ1) is 18.7. The molecule has 0 unspecified atom stereocenters. The van der Waals surface area contributed by atoms with Crippen molar-refractivity contribution >= 4 is 17.4 Å². The van der Waals surface area contributed by atoms with Crippen molar-refractivity contribution in [2.45, 2.75) is 54.1 Å². The molecule has 0 amide bonds. The largest absolute Gasteiger partial charge is 0.416 e. The van der Waals surface area contributed by atoms with Gasteiger partial charge < -0.3 is 11.1 Å². The summed E-state index contributed by atoms with van der Waals surface area (Å²) in [6, 6.07) is 10.7. The minimum absolute atomic E-state index is 0.211. The molecular weight excluding hydrogens is 369 g/mol. The molecule has 3 N–H and O–H groups in total. The Balaban J connectivity index is 1.63. The standard InChI is InChI=1S/C21H23F3N2S/c22-21(23,24)15-10-18(26-12-13-4-3-6-16(25)8-13)17-9-14-5-1-2-7-19(14)27-20(17)11-15/h1-2,5,7,10-11,13,16,26H,3-4,6,8-9,12,25H2/t13-,16-/m0/s1. The summed E-state index contributed by atoms with van der Waals surface area (Å²) in [6.45, 7) is 0.674. The molecular formula is C21H23F3N2S. The van der Waals surface area contributed by atoms with Crippen molar-refractivity contribution in [1.82, 2.24) is 0 Å². The van der Waals surface area contributed by atoms with E-state index in [1.54, 1.807) is 0 Å². The van der Waals surface area contributed by atoms with Crippen LogP contribution in [0.15, 0.2) is 46.2 Å². The van der Waals surface area contributed by atoms with Gasteiger partial charge in [0.25, 0.3) is 0 Å². The lowest BCUT2D eigenvalue weighted by Crippen LogP contribution is -2.31. The fourth-order valence-electron chi connectivity index (χ4n) is 4.07. The molecule has 2 atom stereocenters. The van der Waals surface area contributed by atoms with Crippen LogP contribution in [0.2, 0.25) is 0 Å². The molecule has 2 nitrogen and oxygen atoms in total. The van der Waals surface area contributed by atoms with Gasteiger partial charge in [0.05, 0.1) is 5.56 Å². The van der Waals surface area contributed by atoms with Crippen molar-refractivity contribution in [2.75, 3.05) is 11.9 Å². The molecule has 6 heteroatoms. The van der Waals surface area contributed by atoms with E-state index in [0.29, 0.717) is 29.5 Å². The Morgan fingerprint density at radius 2 is 1.93 bits per heavy atom. The Labute approximate surface area is 161 Å². The summed E-state index contributed by atoms with van der Waals surface area (Å²) in [5.41, 5.74) is 8.21. The molecule has 0 bridgehead atoms. The number of nitrogens with two attached hydrogens (primary N) is 1. The average molecular weight is 392 g/mol. The molecule has 1 aliphatic carbocycles. The SMILES string of the molecule is N[C@H]1CCC[C@H](CNc2cc(C(F)(F)F)cc3c2Cc2ccccc2S3)C1. The van der Waals surface area contributed by atoms with Crippen molar-refractivity contribution in [2.24, 2.45) is 11.7 Å². The number of benzene rings is 2. The van der Waals surface area contributed by atoms with Crippen LogP contribution < -0.4 is 11.1 Å². The molecule has 4 rings (SSSR count). The fraction of sp³-hybridized carbons (Fsp3) is 0.429. The number of rotatable bonds is 3. The number of anilines is 1. The van der Waals surface area contributed by atoms with Gasteiger partial charge in [-0.05, 0) is 54.5 Å². The minimum Gasteiger partial charge on any atom is -0.384 e. The van der Waals surface area contributed by atoms with Crippen LogP contribution in [-0.4, -0.2) is 12.6 Å². The van der Waals surface area contributed by atoms with Crippen molar-refractivity contribution in [3.63, 3.8) is 0 Å². The maximum atomic E-state index is 13.4. The van der Waals surface area contributed by atoms with Gasteiger partial charge in [-0.1, -0.05) is 36.4 Å². The maximum absolute atomic E-state index is 13.4. The smallest absolute Gasteiger partial charge is 0.384 e. The van der Waals surface area contributed by atoms with Crippen LogP contribution >= 0.6 is 11.8 Å². The molecule has 0 radical (unpaired) electrons. The lowest BCUT2D eigenvalue weighted by Gasteiger charge is -2.29. The van der Waals surface area contributed by atoms with Gasteiger partial charge in [0.15, 0.2) is 0 Å². The summed E-state index contributed by atoms with van der Waals surface area (Å²) in [5.74, 6) is 0.419. The van der Waals surface area contributed by atoms with E-state index in [0.717, 1.165) is 41.7 Å². The van der Waals surface area contributed by atoms with E-state index in [1.165, 1.54) is 23.9 Å². The van der Waals surface area contributed by atoms with E-state index in [-0.39, 0.29) is 6.04 Å². The highest BCUT2D eigenvalue weighted by Gasteiger charge is 2.33. The lowest BCUT2D eigenvalue weighted by atomic mass is 9.86. The van der Waals surface area contributed by atoms with Crippen molar-refractivity contribution in [3.8, 4) is 0 Å². The van der Waals surface area contributed by atoms with Gasteiger partial charge in [-0.3, -0.25) is 0 Å². The van der Waals surface area contributed by atoms with Gasteiger partial charge >= 0.3 is 6.18 Å². The molecule has 144 valence electrons. The number of halogens is 3. The Kier molecular flexibility index (Phi) is 5.12. The zero-order chi connectivity index (χ0) is 19.0. The first-order chi connectivity index (χ1) is 12.9. The average Bonchev–Trinajstić information content (AvgIpc) is 2.63. The van der Waals surface area contributed by atoms with E-state index in [4.69, 9.17) is 5.73 Å². The maximum Gasteiger partial charge on any atom is 0.416 e. The monoisotopic (exact) mass is 392 g/mol. The molecule has 1 fully saturated rings. The second-order valence-corrected chi connectivity index (χ2v) is 8.64. The molecule has 0 spiro atoms. The summed E-state index contributed by atoms with van der Waals surface area (Å²) in [6.07, 6.45) is 0.463. The van der Waals surface area contributed by atoms with Crippen LogP contribution in [0.3, 0.4) is 0 Å². The van der Waals surface area contributed by atoms with E-state index >= 15 is 0 Å². The quantitative estimate of drug-likeness (QED) is 0.601. The Morgan fingerprint density at radius 1 is 1.11 bits per heavy atom. The van der Waals surface area contributed by atoms with E-state index in [2.05, 4.69) is 5.32 Å². The molecule has 1 saturated carbocycles. The number of alkyl halides is 3. The summed E-state index contributed by atoms with van der Waals surface area (Å²) in [4.78, 5) is 1.74. The summed E-state index contributed by atoms with van der Waals surface area (Å²) in [5, 5.41) is 3.34. The normalized spacial score (nSPS) is 22.1. The van der Waals surface area contributed by atoms with E-state index in [9.17, 15) is 13.2 Å². The van der Waals surface area contributed by atoms with Gasteiger partial charge in [-0.15, -0.1) is 0 Å². The predicted molar refractivity (Wildman–Crippen MR) is 103 cm³/mol. The first-order valence-electron chi connectivity index (χ1n) is 9.39. The highest BCUT2D eigenvalue weighted by Crippen LogP contribution is 2.45. The van der Waals surface area contributed by atoms with Crippen LogP contribution in [0, 0.1) is 5.92 Å². The summed E-state index contributed by atoms with van der Waals surface area (Å²) < 4.78 is 40.3. The third-order valence-corrected chi connectivity index (χ3v) is 6.70. The van der Waals surface area contributed by atoms with Crippen LogP contribution in [0.25, 0.3) is 0 Å². The van der Waals surface area contributed by atoms with Gasteiger partial charge in [0.1, 0.15) is 0 Å². The Morgan fingerprint density at radius 3 is 2.70 bits per heavy atom.